The van der Waals surface area contributed by atoms with Gasteiger partial charge >= 0.3 is 0 Å². The second kappa shape index (κ2) is 4.69. The minimum Gasteiger partial charge on any atom is -0.238 e. The number of nitrogens with zero attached hydrogens (tertiary/aromatic N) is 2. The van der Waals surface area contributed by atoms with Crippen LogP contribution in [0.15, 0.2) is 30.3 Å². The first kappa shape index (κ1) is 11.7. The molecule has 2 aromatic rings. The number of fused-ring (bicyclic) bond motifs is 1. The third-order valence-corrected chi connectivity index (χ3v) is 3.75. The Morgan fingerprint density at radius 1 is 1.17 bits per heavy atom. The number of hydrogen-bond donors (Lipinski definition) is 0. The summed E-state index contributed by atoms with van der Waals surface area (Å²) in [6.07, 6.45) is 2.09. The van der Waals surface area contributed by atoms with Gasteiger partial charge in [0, 0.05) is 11.6 Å². The molecular formula is C15H15ClN2. The summed E-state index contributed by atoms with van der Waals surface area (Å²) < 4.78 is 0. The fourth-order valence-corrected chi connectivity index (χ4v) is 2.79. The Morgan fingerprint density at radius 3 is 2.44 bits per heavy atom. The standard InChI is InChI=1S/C15H15ClN2/c1-10-6-14(9-16)18-15(17-10)13-7-11-4-2-3-5-12(11)8-13/h2-6,13H,7-9H2,1H3. The Kier molecular flexibility index (Phi) is 3.04. The minimum atomic E-state index is 0.407. The maximum absolute atomic E-state index is 5.88. The topological polar surface area (TPSA) is 25.8 Å². The molecule has 1 aromatic carbocycles. The van der Waals surface area contributed by atoms with E-state index in [0.717, 1.165) is 30.1 Å². The van der Waals surface area contributed by atoms with Crippen molar-refractivity contribution < 1.29 is 0 Å². The van der Waals surface area contributed by atoms with Crippen LogP contribution in [0.3, 0.4) is 0 Å². The molecule has 0 atom stereocenters. The Bertz CT molecular complexity index is 555. The Morgan fingerprint density at radius 2 is 1.83 bits per heavy atom. The maximum Gasteiger partial charge on any atom is 0.132 e. The first-order valence-electron chi connectivity index (χ1n) is 6.23. The number of alkyl halides is 1. The van der Waals surface area contributed by atoms with Gasteiger partial charge in [0.05, 0.1) is 11.6 Å². The van der Waals surface area contributed by atoms with Crippen LogP contribution in [0.5, 0.6) is 0 Å². The monoisotopic (exact) mass is 258 g/mol. The molecule has 1 aliphatic carbocycles. The van der Waals surface area contributed by atoms with Crippen LogP contribution >= 0.6 is 11.6 Å². The fourth-order valence-electron chi connectivity index (χ4n) is 2.65. The van der Waals surface area contributed by atoms with E-state index in [1.54, 1.807) is 0 Å². The molecule has 0 bridgehead atoms. The second-order valence-corrected chi connectivity index (χ2v) is 5.13. The number of benzene rings is 1. The predicted octanol–water partition coefficient (Wildman–Crippen LogP) is 3.41. The van der Waals surface area contributed by atoms with Crippen LogP contribution in [0.25, 0.3) is 0 Å². The lowest BCUT2D eigenvalue weighted by molar-refractivity contribution is 0.673. The van der Waals surface area contributed by atoms with E-state index in [1.165, 1.54) is 11.1 Å². The molecular weight excluding hydrogens is 244 g/mol. The zero-order valence-corrected chi connectivity index (χ0v) is 11.1. The van der Waals surface area contributed by atoms with Crippen molar-refractivity contribution in [2.24, 2.45) is 0 Å². The van der Waals surface area contributed by atoms with Crippen molar-refractivity contribution in [3.8, 4) is 0 Å². The van der Waals surface area contributed by atoms with Gasteiger partial charge in [-0.25, -0.2) is 9.97 Å². The third-order valence-electron chi connectivity index (χ3n) is 3.48. The molecule has 0 amide bonds. The average Bonchev–Trinajstić information content (AvgIpc) is 2.81. The molecule has 0 spiro atoms. The largest absolute Gasteiger partial charge is 0.238 e. The molecule has 0 saturated carbocycles. The highest BCUT2D eigenvalue weighted by Crippen LogP contribution is 2.32. The Hall–Kier alpha value is -1.41. The Labute approximate surface area is 112 Å². The van der Waals surface area contributed by atoms with Gasteiger partial charge in [-0.2, -0.15) is 0 Å². The van der Waals surface area contributed by atoms with Gasteiger partial charge in [0.1, 0.15) is 5.82 Å². The van der Waals surface area contributed by atoms with E-state index in [4.69, 9.17) is 11.6 Å². The number of halogens is 1. The highest BCUT2D eigenvalue weighted by atomic mass is 35.5. The van der Waals surface area contributed by atoms with Crippen LogP contribution in [0.1, 0.15) is 34.3 Å². The normalized spacial score (nSPS) is 14.8. The molecule has 3 rings (SSSR count). The van der Waals surface area contributed by atoms with Gasteiger partial charge in [-0.05, 0) is 37.0 Å². The number of aromatic nitrogens is 2. The van der Waals surface area contributed by atoms with E-state index in [9.17, 15) is 0 Å². The zero-order chi connectivity index (χ0) is 12.5. The van der Waals surface area contributed by atoms with Gasteiger partial charge in [0.2, 0.25) is 0 Å². The highest BCUT2D eigenvalue weighted by Gasteiger charge is 2.24. The van der Waals surface area contributed by atoms with Crippen LogP contribution in [-0.2, 0) is 18.7 Å². The molecule has 2 nitrogen and oxygen atoms in total. The number of aryl methyl sites for hydroxylation is 1. The van der Waals surface area contributed by atoms with Gasteiger partial charge < -0.3 is 0 Å². The molecule has 1 heterocycles. The molecule has 0 aliphatic heterocycles. The minimum absolute atomic E-state index is 0.407. The smallest absolute Gasteiger partial charge is 0.132 e. The van der Waals surface area contributed by atoms with E-state index in [2.05, 4.69) is 34.2 Å². The van der Waals surface area contributed by atoms with Crippen molar-refractivity contribution >= 4 is 11.6 Å². The van der Waals surface area contributed by atoms with Gasteiger partial charge in [-0.15, -0.1) is 11.6 Å². The first-order valence-corrected chi connectivity index (χ1v) is 6.77. The van der Waals surface area contributed by atoms with Gasteiger partial charge in [0.15, 0.2) is 0 Å². The zero-order valence-electron chi connectivity index (χ0n) is 10.4. The van der Waals surface area contributed by atoms with Gasteiger partial charge in [-0.3, -0.25) is 0 Å². The molecule has 92 valence electrons. The summed E-state index contributed by atoms with van der Waals surface area (Å²) >= 11 is 5.88. The predicted molar refractivity (Wildman–Crippen MR) is 72.9 cm³/mol. The lowest BCUT2D eigenvalue weighted by Crippen LogP contribution is -2.07. The summed E-state index contributed by atoms with van der Waals surface area (Å²) in [4.78, 5) is 9.15. The molecule has 0 N–H and O–H groups in total. The quantitative estimate of drug-likeness (QED) is 0.772. The maximum atomic E-state index is 5.88. The summed E-state index contributed by atoms with van der Waals surface area (Å²) in [5, 5.41) is 0. The van der Waals surface area contributed by atoms with Crippen molar-refractivity contribution in [3.05, 3.63) is 58.7 Å². The van der Waals surface area contributed by atoms with Crippen molar-refractivity contribution in [2.75, 3.05) is 0 Å². The van der Waals surface area contributed by atoms with Crippen molar-refractivity contribution in [1.29, 1.82) is 0 Å². The summed E-state index contributed by atoms with van der Waals surface area (Å²) in [6, 6.07) is 10.6. The summed E-state index contributed by atoms with van der Waals surface area (Å²) in [7, 11) is 0. The van der Waals surface area contributed by atoms with Crippen LogP contribution in [-0.4, -0.2) is 9.97 Å². The summed E-state index contributed by atoms with van der Waals surface area (Å²) in [5.41, 5.74) is 4.79. The molecule has 0 saturated heterocycles. The second-order valence-electron chi connectivity index (χ2n) is 4.87. The fraction of sp³-hybridized carbons (Fsp3) is 0.333. The van der Waals surface area contributed by atoms with E-state index in [1.807, 2.05) is 13.0 Å². The van der Waals surface area contributed by atoms with E-state index in [-0.39, 0.29) is 0 Å². The average molecular weight is 259 g/mol. The van der Waals surface area contributed by atoms with Crippen molar-refractivity contribution in [3.63, 3.8) is 0 Å². The van der Waals surface area contributed by atoms with Crippen molar-refractivity contribution in [2.45, 2.75) is 31.6 Å². The van der Waals surface area contributed by atoms with E-state index in [0.29, 0.717) is 11.8 Å². The lowest BCUT2D eigenvalue weighted by atomic mass is 10.1. The van der Waals surface area contributed by atoms with Gasteiger partial charge in [0.25, 0.3) is 0 Å². The third kappa shape index (κ3) is 2.13. The molecule has 18 heavy (non-hydrogen) atoms. The number of hydrogen-bond acceptors (Lipinski definition) is 2. The number of rotatable bonds is 2. The van der Waals surface area contributed by atoms with Crippen molar-refractivity contribution in [1.82, 2.24) is 9.97 Å². The van der Waals surface area contributed by atoms with Crippen LogP contribution in [0.2, 0.25) is 0 Å². The lowest BCUT2D eigenvalue weighted by Gasteiger charge is -2.09. The molecule has 0 radical (unpaired) electrons. The van der Waals surface area contributed by atoms with Gasteiger partial charge in [-0.1, -0.05) is 24.3 Å². The molecule has 1 aliphatic rings. The van der Waals surface area contributed by atoms with Crippen LogP contribution in [0.4, 0.5) is 0 Å². The SMILES string of the molecule is Cc1cc(CCl)nc(C2Cc3ccccc3C2)n1. The highest BCUT2D eigenvalue weighted by molar-refractivity contribution is 6.16. The molecule has 1 aromatic heterocycles. The van der Waals surface area contributed by atoms with E-state index < -0.39 is 0 Å². The Balaban J connectivity index is 1.92. The summed E-state index contributed by atoms with van der Waals surface area (Å²) in [6.45, 7) is 2.00. The molecule has 0 unspecified atom stereocenters. The van der Waals surface area contributed by atoms with E-state index >= 15 is 0 Å². The van der Waals surface area contributed by atoms with Crippen LogP contribution < -0.4 is 0 Å². The summed E-state index contributed by atoms with van der Waals surface area (Å²) in [5.74, 6) is 1.81. The first-order chi connectivity index (χ1) is 8.76. The molecule has 0 fully saturated rings. The van der Waals surface area contributed by atoms with Crippen LogP contribution in [0, 0.1) is 6.92 Å². The molecule has 3 heteroatoms.